The molecule has 0 radical (unpaired) electrons. The van der Waals surface area contributed by atoms with Crippen LogP contribution in [0.1, 0.15) is 43.2 Å². The summed E-state index contributed by atoms with van der Waals surface area (Å²) in [6.45, 7) is 1.36. The van der Waals surface area contributed by atoms with Crippen LogP contribution in [0, 0.1) is 11.8 Å². The molecule has 0 bridgehead atoms. The maximum Gasteiger partial charge on any atom is 0.418 e. The van der Waals surface area contributed by atoms with E-state index in [0.29, 0.717) is 30.5 Å². The molecule has 2 fully saturated rings. The summed E-state index contributed by atoms with van der Waals surface area (Å²) in [4.78, 5) is 9.02. The Bertz CT molecular complexity index is 1150. The number of piperidine rings is 1. The Morgan fingerprint density at radius 1 is 1.03 bits per heavy atom. The fourth-order valence-corrected chi connectivity index (χ4v) is 5.35. The minimum absolute atomic E-state index is 0.0574. The molecule has 2 heterocycles. The van der Waals surface area contributed by atoms with E-state index in [0.717, 1.165) is 29.8 Å². The summed E-state index contributed by atoms with van der Waals surface area (Å²) in [5.41, 5.74) is 1.000. The van der Waals surface area contributed by atoms with Gasteiger partial charge in [-0.1, -0.05) is 37.5 Å². The van der Waals surface area contributed by atoms with Crippen LogP contribution in [0.3, 0.4) is 0 Å². The van der Waals surface area contributed by atoms with Crippen LogP contribution in [0.15, 0.2) is 47.5 Å². The summed E-state index contributed by atoms with van der Waals surface area (Å²) < 4.78 is 41.9. The number of benzene rings is 2. The van der Waals surface area contributed by atoms with Crippen LogP contribution >= 0.6 is 0 Å². The number of halogens is 3. The number of nitrogens with zero attached hydrogens (tertiary/aromatic N) is 2. The Labute approximate surface area is 184 Å². The van der Waals surface area contributed by atoms with Gasteiger partial charge in [-0.3, -0.25) is 4.99 Å². The first kappa shape index (κ1) is 20.9. The highest BCUT2D eigenvalue weighted by Gasteiger charge is 2.38. The fourth-order valence-electron chi connectivity index (χ4n) is 5.35. The average molecular weight is 441 g/mol. The van der Waals surface area contributed by atoms with E-state index in [1.54, 1.807) is 12.1 Å². The zero-order valence-electron chi connectivity index (χ0n) is 17.7. The number of aromatic amines is 1. The van der Waals surface area contributed by atoms with E-state index in [1.165, 1.54) is 25.5 Å². The van der Waals surface area contributed by atoms with E-state index < -0.39 is 11.7 Å². The van der Waals surface area contributed by atoms with Crippen molar-refractivity contribution in [1.29, 1.82) is 0 Å². The lowest BCUT2D eigenvalue weighted by Crippen LogP contribution is -2.42. The van der Waals surface area contributed by atoms with Crippen molar-refractivity contribution in [2.24, 2.45) is 16.8 Å². The molecule has 4 nitrogen and oxygen atoms in total. The topological polar surface area (TPSA) is 51.6 Å². The van der Waals surface area contributed by atoms with Crippen molar-refractivity contribution in [3.05, 3.63) is 53.6 Å². The Kier molecular flexibility index (Phi) is 5.35. The lowest BCUT2D eigenvalue weighted by atomic mass is 9.75. The first-order valence-corrected chi connectivity index (χ1v) is 11.2. The predicted octanol–water partition coefficient (Wildman–Crippen LogP) is 6.66. The molecular weight excluding hydrogens is 415 g/mol. The second-order valence-corrected chi connectivity index (χ2v) is 8.93. The summed E-state index contributed by atoms with van der Waals surface area (Å²) in [6.07, 6.45) is 2.65. The number of alkyl halides is 3. The molecule has 7 heteroatoms. The fraction of sp³-hybridized carbons (Fsp3) is 0.400. The van der Waals surface area contributed by atoms with Gasteiger partial charge in [0.2, 0.25) is 0 Å². The standard InChI is InChI=1S/C25H26F3N3O/c26-25(27,28)21-13-18(29-14-20-19-7-3-4-8-22(19)30-24(20)32)9-10-23(21)31-12-11-16-5-1-2-6-17(16)15-31/h3-4,7-10,13-14,16-17,30,32H,1-2,5-6,11-12,15H2. The molecule has 1 aliphatic carbocycles. The summed E-state index contributed by atoms with van der Waals surface area (Å²) in [6, 6.07) is 11.6. The highest BCUT2D eigenvalue weighted by atomic mass is 19.4. The van der Waals surface area contributed by atoms with Crippen LogP contribution in [-0.2, 0) is 6.18 Å². The number of rotatable bonds is 3. The zero-order valence-corrected chi connectivity index (χ0v) is 17.7. The average Bonchev–Trinajstić information content (AvgIpc) is 3.11. The molecule has 2 aliphatic rings. The molecule has 5 rings (SSSR count). The van der Waals surface area contributed by atoms with Gasteiger partial charge >= 0.3 is 6.18 Å². The number of H-pyrrole nitrogens is 1. The van der Waals surface area contributed by atoms with Crippen LogP contribution in [0.25, 0.3) is 10.9 Å². The zero-order chi connectivity index (χ0) is 22.3. The molecular formula is C25H26F3N3O. The highest BCUT2D eigenvalue weighted by molar-refractivity contribution is 6.02. The van der Waals surface area contributed by atoms with E-state index in [1.807, 2.05) is 29.2 Å². The molecule has 0 amide bonds. The molecule has 1 saturated heterocycles. The second-order valence-electron chi connectivity index (χ2n) is 8.93. The summed E-state index contributed by atoms with van der Waals surface area (Å²) >= 11 is 0. The maximum atomic E-state index is 14.0. The predicted molar refractivity (Wildman–Crippen MR) is 121 cm³/mol. The van der Waals surface area contributed by atoms with Crippen molar-refractivity contribution in [3.63, 3.8) is 0 Å². The first-order chi connectivity index (χ1) is 15.4. The van der Waals surface area contributed by atoms with Crippen molar-refractivity contribution < 1.29 is 18.3 Å². The highest BCUT2D eigenvalue weighted by Crippen LogP contribution is 2.43. The van der Waals surface area contributed by atoms with Gasteiger partial charge in [0.1, 0.15) is 0 Å². The van der Waals surface area contributed by atoms with Gasteiger partial charge in [-0.25, -0.2) is 0 Å². The number of aromatic nitrogens is 1. The van der Waals surface area contributed by atoms with Crippen molar-refractivity contribution in [2.75, 3.05) is 18.0 Å². The van der Waals surface area contributed by atoms with Gasteiger partial charge in [0, 0.05) is 35.9 Å². The summed E-state index contributed by atoms with van der Waals surface area (Å²) in [7, 11) is 0. The quantitative estimate of drug-likeness (QED) is 0.447. The van der Waals surface area contributed by atoms with Gasteiger partial charge in [-0.2, -0.15) is 13.2 Å². The molecule has 1 aliphatic heterocycles. The third kappa shape index (κ3) is 3.96. The van der Waals surface area contributed by atoms with E-state index >= 15 is 0 Å². The van der Waals surface area contributed by atoms with Gasteiger partial charge in [0.25, 0.3) is 0 Å². The molecule has 2 aromatic carbocycles. The largest absolute Gasteiger partial charge is 0.494 e. The number of fused-ring (bicyclic) bond motifs is 2. The number of aromatic hydroxyl groups is 1. The lowest BCUT2D eigenvalue weighted by Gasteiger charge is -2.43. The van der Waals surface area contributed by atoms with Crippen molar-refractivity contribution in [3.8, 4) is 5.88 Å². The Morgan fingerprint density at radius 3 is 2.62 bits per heavy atom. The first-order valence-electron chi connectivity index (χ1n) is 11.2. The number of para-hydroxylation sites is 1. The molecule has 0 spiro atoms. The van der Waals surface area contributed by atoms with Crippen molar-refractivity contribution in [2.45, 2.75) is 38.3 Å². The molecule has 1 aromatic heterocycles. The number of hydrogen-bond donors (Lipinski definition) is 2. The molecule has 32 heavy (non-hydrogen) atoms. The molecule has 2 N–H and O–H groups in total. The van der Waals surface area contributed by atoms with Gasteiger partial charge in [-0.15, -0.1) is 0 Å². The van der Waals surface area contributed by atoms with Gasteiger partial charge < -0.3 is 15.0 Å². The third-order valence-corrected chi connectivity index (χ3v) is 6.99. The van der Waals surface area contributed by atoms with E-state index in [4.69, 9.17) is 0 Å². The molecule has 2 atom stereocenters. The minimum atomic E-state index is -4.47. The van der Waals surface area contributed by atoms with Crippen molar-refractivity contribution in [1.82, 2.24) is 4.98 Å². The van der Waals surface area contributed by atoms with Crippen LogP contribution in [0.4, 0.5) is 24.5 Å². The molecule has 3 aromatic rings. The minimum Gasteiger partial charge on any atom is -0.494 e. The maximum absolute atomic E-state index is 14.0. The van der Waals surface area contributed by atoms with Crippen LogP contribution in [0.2, 0.25) is 0 Å². The Morgan fingerprint density at radius 2 is 1.81 bits per heavy atom. The Hall–Kier alpha value is -2.96. The molecule has 2 unspecified atom stereocenters. The molecule has 1 saturated carbocycles. The Balaban J connectivity index is 1.45. The monoisotopic (exact) mass is 441 g/mol. The van der Waals surface area contributed by atoms with Gasteiger partial charge in [-0.05, 0) is 48.9 Å². The molecule has 168 valence electrons. The van der Waals surface area contributed by atoms with Gasteiger partial charge in [0.15, 0.2) is 5.88 Å². The van der Waals surface area contributed by atoms with Crippen LogP contribution in [0.5, 0.6) is 5.88 Å². The van der Waals surface area contributed by atoms with Crippen LogP contribution < -0.4 is 4.90 Å². The van der Waals surface area contributed by atoms with Crippen molar-refractivity contribution >= 4 is 28.5 Å². The number of hydrogen-bond acceptors (Lipinski definition) is 3. The normalized spacial score (nSPS) is 21.9. The van der Waals surface area contributed by atoms with E-state index in [-0.39, 0.29) is 17.3 Å². The second kappa shape index (κ2) is 8.19. The lowest BCUT2D eigenvalue weighted by molar-refractivity contribution is -0.137. The van der Waals surface area contributed by atoms with E-state index in [9.17, 15) is 18.3 Å². The summed E-state index contributed by atoms with van der Waals surface area (Å²) in [5.74, 6) is 1.08. The third-order valence-electron chi connectivity index (χ3n) is 6.99. The SMILES string of the molecule is Oc1[nH]c2ccccc2c1C=Nc1ccc(N2CCC3CCCCC3C2)c(C(F)(F)F)c1. The number of nitrogens with one attached hydrogen (secondary N) is 1. The summed E-state index contributed by atoms with van der Waals surface area (Å²) in [5, 5.41) is 10.9. The van der Waals surface area contributed by atoms with E-state index in [2.05, 4.69) is 9.98 Å². The van der Waals surface area contributed by atoms with Crippen LogP contribution in [-0.4, -0.2) is 29.4 Å². The number of aliphatic imine (C=N–C) groups is 1. The number of anilines is 1. The van der Waals surface area contributed by atoms with Gasteiger partial charge in [0.05, 0.1) is 16.8 Å². The smallest absolute Gasteiger partial charge is 0.418 e.